The van der Waals surface area contributed by atoms with Crippen molar-refractivity contribution in [2.24, 2.45) is 0 Å². The third-order valence-electron chi connectivity index (χ3n) is 2.61. The molecule has 0 saturated carbocycles. The average molecular weight is 262 g/mol. The number of rotatable bonds is 4. The summed E-state index contributed by atoms with van der Waals surface area (Å²) in [6.07, 6.45) is 0. The van der Waals surface area contributed by atoms with E-state index in [-0.39, 0.29) is 0 Å². The molecule has 0 aliphatic heterocycles. The second-order valence-electron chi connectivity index (χ2n) is 3.96. The van der Waals surface area contributed by atoms with Crippen LogP contribution in [0.2, 0.25) is 0 Å². The number of hydrogen-bond donors (Lipinski definition) is 2. The summed E-state index contributed by atoms with van der Waals surface area (Å²) in [5, 5.41) is 3.05. The van der Waals surface area contributed by atoms with Gasteiger partial charge in [0.15, 0.2) is 0 Å². The number of nitrogen functional groups attached to an aromatic ring is 1. The molecule has 0 atom stereocenters. The number of nitrogens with one attached hydrogen (secondary N) is 1. The SMILES string of the molecule is COc1ccc(OC)c(Nc2cc(N)cc(F)c2)c1. The zero-order valence-corrected chi connectivity index (χ0v) is 10.7. The predicted octanol–water partition coefficient (Wildman–Crippen LogP) is 3.17. The molecule has 100 valence electrons. The van der Waals surface area contributed by atoms with Crippen molar-refractivity contribution >= 4 is 17.1 Å². The van der Waals surface area contributed by atoms with Crippen molar-refractivity contribution < 1.29 is 13.9 Å². The average Bonchev–Trinajstić information content (AvgIpc) is 2.37. The third-order valence-corrected chi connectivity index (χ3v) is 2.61. The van der Waals surface area contributed by atoms with Gasteiger partial charge in [0.05, 0.1) is 19.9 Å². The highest BCUT2D eigenvalue weighted by atomic mass is 19.1. The van der Waals surface area contributed by atoms with Gasteiger partial charge in [-0.25, -0.2) is 4.39 Å². The summed E-state index contributed by atoms with van der Waals surface area (Å²) in [6, 6.07) is 9.57. The van der Waals surface area contributed by atoms with Gasteiger partial charge in [0.1, 0.15) is 17.3 Å². The van der Waals surface area contributed by atoms with Crippen LogP contribution in [0, 0.1) is 5.82 Å². The van der Waals surface area contributed by atoms with Gasteiger partial charge in [-0.15, -0.1) is 0 Å². The van der Waals surface area contributed by atoms with Gasteiger partial charge in [-0.2, -0.15) is 0 Å². The first-order chi connectivity index (χ1) is 9.12. The number of hydrogen-bond acceptors (Lipinski definition) is 4. The molecule has 4 nitrogen and oxygen atoms in total. The fourth-order valence-corrected chi connectivity index (χ4v) is 1.75. The first kappa shape index (κ1) is 13.0. The minimum absolute atomic E-state index is 0.351. The van der Waals surface area contributed by atoms with Crippen molar-refractivity contribution in [1.82, 2.24) is 0 Å². The maximum absolute atomic E-state index is 13.3. The molecular formula is C14H15FN2O2. The predicted molar refractivity (Wildman–Crippen MR) is 73.6 cm³/mol. The van der Waals surface area contributed by atoms with Crippen LogP contribution in [0.3, 0.4) is 0 Å². The maximum atomic E-state index is 13.3. The van der Waals surface area contributed by atoms with Crippen LogP contribution < -0.4 is 20.5 Å². The molecule has 0 amide bonds. The van der Waals surface area contributed by atoms with Gasteiger partial charge in [0.25, 0.3) is 0 Å². The molecule has 2 aromatic rings. The second-order valence-corrected chi connectivity index (χ2v) is 3.96. The summed E-state index contributed by atoms with van der Waals surface area (Å²) < 4.78 is 23.7. The van der Waals surface area contributed by atoms with Gasteiger partial charge in [-0.05, 0) is 30.3 Å². The van der Waals surface area contributed by atoms with E-state index in [4.69, 9.17) is 15.2 Å². The standard InChI is InChI=1S/C14H15FN2O2/c1-18-12-3-4-14(19-2)13(8-12)17-11-6-9(15)5-10(16)7-11/h3-8,17H,16H2,1-2H3. The van der Waals surface area contributed by atoms with Crippen LogP contribution in [-0.2, 0) is 0 Å². The normalized spacial score (nSPS) is 10.1. The molecule has 19 heavy (non-hydrogen) atoms. The largest absolute Gasteiger partial charge is 0.497 e. The molecule has 5 heteroatoms. The van der Waals surface area contributed by atoms with Crippen molar-refractivity contribution in [1.29, 1.82) is 0 Å². The Kier molecular flexibility index (Phi) is 3.75. The van der Waals surface area contributed by atoms with Crippen LogP contribution in [0.15, 0.2) is 36.4 Å². The number of anilines is 3. The Bertz CT molecular complexity index is 567. The monoisotopic (exact) mass is 262 g/mol. The van der Waals surface area contributed by atoms with Crippen molar-refractivity contribution in [2.45, 2.75) is 0 Å². The molecule has 0 saturated heterocycles. The zero-order chi connectivity index (χ0) is 13.8. The lowest BCUT2D eigenvalue weighted by molar-refractivity contribution is 0.405. The molecule has 2 aromatic carbocycles. The Morgan fingerprint density at radius 3 is 2.47 bits per heavy atom. The molecule has 3 N–H and O–H groups in total. The van der Waals surface area contributed by atoms with Crippen molar-refractivity contribution in [3.63, 3.8) is 0 Å². The van der Waals surface area contributed by atoms with Crippen LogP contribution >= 0.6 is 0 Å². The van der Waals surface area contributed by atoms with Crippen LogP contribution in [0.1, 0.15) is 0 Å². The molecule has 0 aliphatic carbocycles. The molecule has 0 spiro atoms. The molecule has 0 aliphatic rings. The van der Waals surface area contributed by atoms with E-state index in [1.807, 2.05) is 0 Å². The molecule has 0 radical (unpaired) electrons. The van der Waals surface area contributed by atoms with Crippen LogP contribution in [0.4, 0.5) is 21.5 Å². The van der Waals surface area contributed by atoms with Crippen molar-refractivity contribution in [3.8, 4) is 11.5 Å². The van der Waals surface area contributed by atoms with Crippen LogP contribution in [0.25, 0.3) is 0 Å². The van der Waals surface area contributed by atoms with Gasteiger partial charge in [-0.1, -0.05) is 0 Å². The second kappa shape index (κ2) is 5.48. The molecule has 0 bridgehead atoms. The molecule has 0 heterocycles. The number of benzene rings is 2. The lowest BCUT2D eigenvalue weighted by atomic mass is 10.2. The smallest absolute Gasteiger partial charge is 0.142 e. The summed E-state index contributed by atoms with van der Waals surface area (Å²) in [6.45, 7) is 0. The molecule has 2 rings (SSSR count). The summed E-state index contributed by atoms with van der Waals surface area (Å²) in [7, 11) is 3.14. The van der Waals surface area contributed by atoms with Crippen molar-refractivity contribution in [2.75, 3.05) is 25.3 Å². The Morgan fingerprint density at radius 2 is 1.84 bits per heavy atom. The summed E-state index contributed by atoms with van der Waals surface area (Å²) in [5.41, 5.74) is 7.17. The van der Waals surface area contributed by atoms with E-state index < -0.39 is 5.82 Å². The minimum Gasteiger partial charge on any atom is -0.497 e. The van der Waals surface area contributed by atoms with E-state index in [1.54, 1.807) is 38.5 Å². The molecule has 0 aromatic heterocycles. The lowest BCUT2D eigenvalue weighted by Gasteiger charge is -2.13. The topological polar surface area (TPSA) is 56.5 Å². The lowest BCUT2D eigenvalue weighted by Crippen LogP contribution is -1.97. The summed E-state index contributed by atoms with van der Waals surface area (Å²) in [5.74, 6) is 0.903. The van der Waals surface area contributed by atoms with Crippen LogP contribution in [-0.4, -0.2) is 14.2 Å². The Balaban J connectivity index is 2.35. The van der Waals surface area contributed by atoms with E-state index in [9.17, 15) is 4.39 Å². The Hall–Kier alpha value is -2.43. The first-order valence-electron chi connectivity index (χ1n) is 5.67. The van der Waals surface area contributed by atoms with E-state index >= 15 is 0 Å². The number of halogens is 1. The van der Waals surface area contributed by atoms with Gasteiger partial charge >= 0.3 is 0 Å². The van der Waals surface area contributed by atoms with E-state index in [1.165, 1.54) is 12.1 Å². The number of methoxy groups -OCH3 is 2. The number of nitrogens with two attached hydrogens (primary N) is 1. The number of ether oxygens (including phenoxy) is 2. The molecule has 0 fully saturated rings. The van der Waals surface area contributed by atoms with E-state index in [0.717, 1.165) is 0 Å². The van der Waals surface area contributed by atoms with Gasteiger partial charge in [-0.3, -0.25) is 0 Å². The first-order valence-corrected chi connectivity index (χ1v) is 5.67. The zero-order valence-electron chi connectivity index (χ0n) is 10.7. The van der Waals surface area contributed by atoms with Gasteiger partial charge in [0, 0.05) is 17.4 Å². The van der Waals surface area contributed by atoms with E-state index in [2.05, 4.69) is 5.32 Å². The van der Waals surface area contributed by atoms with Gasteiger partial charge in [0.2, 0.25) is 0 Å². The molecular weight excluding hydrogens is 247 g/mol. The fourth-order valence-electron chi connectivity index (χ4n) is 1.75. The highest BCUT2D eigenvalue weighted by Gasteiger charge is 2.06. The third kappa shape index (κ3) is 3.07. The van der Waals surface area contributed by atoms with Gasteiger partial charge < -0.3 is 20.5 Å². The fraction of sp³-hybridized carbons (Fsp3) is 0.143. The maximum Gasteiger partial charge on any atom is 0.142 e. The Morgan fingerprint density at radius 1 is 1.05 bits per heavy atom. The highest BCUT2D eigenvalue weighted by molar-refractivity contribution is 5.70. The Labute approximate surface area is 111 Å². The summed E-state index contributed by atoms with van der Waals surface area (Å²) in [4.78, 5) is 0. The van der Waals surface area contributed by atoms with Crippen LogP contribution in [0.5, 0.6) is 11.5 Å². The minimum atomic E-state index is -0.399. The molecule has 0 unspecified atom stereocenters. The van der Waals surface area contributed by atoms with Crippen molar-refractivity contribution in [3.05, 3.63) is 42.2 Å². The summed E-state index contributed by atoms with van der Waals surface area (Å²) >= 11 is 0. The quantitative estimate of drug-likeness (QED) is 0.831. The highest BCUT2D eigenvalue weighted by Crippen LogP contribution is 2.32. The van der Waals surface area contributed by atoms with E-state index in [0.29, 0.717) is 28.6 Å².